The molecule has 0 spiro atoms. The van der Waals surface area contributed by atoms with Gasteiger partial charge in [0.25, 0.3) is 0 Å². The fourth-order valence-corrected chi connectivity index (χ4v) is 9.76. The van der Waals surface area contributed by atoms with Crippen molar-refractivity contribution >= 4 is 60.4 Å². The lowest BCUT2D eigenvalue weighted by molar-refractivity contribution is 1.18. The summed E-state index contributed by atoms with van der Waals surface area (Å²) in [5.74, 6) is 0. The molecule has 2 nitrogen and oxygen atoms in total. The second-order valence-electron chi connectivity index (χ2n) is 16.5. The van der Waals surface area contributed by atoms with Crippen LogP contribution >= 0.6 is 0 Å². The monoisotopic (exact) mass is 814 g/mol. The van der Waals surface area contributed by atoms with Gasteiger partial charge in [0.05, 0.1) is 11.0 Å². The zero-order chi connectivity index (χ0) is 42.4. The first-order valence-electron chi connectivity index (χ1n) is 22.0. The van der Waals surface area contributed by atoms with Crippen molar-refractivity contribution in [2.75, 3.05) is 4.90 Å². The second kappa shape index (κ2) is 15.8. The third-order valence-electron chi connectivity index (χ3n) is 12.8. The standard InChI is InChI=1S/C62H42N2/c1-3-15-43(16-4-1)45-31-36-51(37-32-45)63(52-38-33-46(34-39-52)44-17-5-2-6-18-44)53-24-11-22-49(41-53)50-23-12-25-54(42-50)64-59-30-10-9-27-58(59)62-60(64)40-35-48-21-14-29-57(61(48)62)56-28-13-20-47-19-7-8-26-55(47)56/h1-42H. The molecule has 0 atom stereocenters. The molecule has 0 unspecified atom stereocenters. The van der Waals surface area contributed by atoms with Crippen LogP contribution in [0, 0.1) is 0 Å². The molecule has 0 radical (unpaired) electrons. The Bertz CT molecular complexity index is 3550. The van der Waals surface area contributed by atoms with E-state index in [9.17, 15) is 0 Å². The number of hydrogen-bond acceptors (Lipinski definition) is 1. The van der Waals surface area contributed by atoms with Crippen LogP contribution in [0.4, 0.5) is 17.1 Å². The molecule has 0 bridgehead atoms. The maximum absolute atomic E-state index is 2.45. The molecule has 0 aliphatic carbocycles. The van der Waals surface area contributed by atoms with Gasteiger partial charge in [-0.1, -0.05) is 194 Å². The highest BCUT2D eigenvalue weighted by Crippen LogP contribution is 2.44. The Morgan fingerprint density at radius 2 is 0.781 bits per heavy atom. The van der Waals surface area contributed by atoms with Crippen LogP contribution in [0.5, 0.6) is 0 Å². The van der Waals surface area contributed by atoms with Gasteiger partial charge in [0.1, 0.15) is 0 Å². The third kappa shape index (κ3) is 6.52. The Labute approximate surface area is 373 Å². The number of aromatic nitrogens is 1. The zero-order valence-corrected chi connectivity index (χ0v) is 35.1. The summed E-state index contributed by atoms with van der Waals surface area (Å²) in [4.78, 5) is 2.36. The molecule has 11 aromatic carbocycles. The van der Waals surface area contributed by atoms with E-state index >= 15 is 0 Å². The summed E-state index contributed by atoms with van der Waals surface area (Å²) < 4.78 is 2.45. The molecular weight excluding hydrogens is 773 g/mol. The lowest BCUT2D eigenvalue weighted by Gasteiger charge is -2.26. The highest BCUT2D eigenvalue weighted by atomic mass is 15.1. The van der Waals surface area contributed by atoms with Gasteiger partial charge in [-0.2, -0.15) is 0 Å². The van der Waals surface area contributed by atoms with Crippen LogP contribution in [0.1, 0.15) is 0 Å². The zero-order valence-electron chi connectivity index (χ0n) is 35.1. The lowest BCUT2D eigenvalue weighted by atomic mass is 9.92. The van der Waals surface area contributed by atoms with E-state index in [4.69, 9.17) is 0 Å². The molecule has 64 heavy (non-hydrogen) atoms. The van der Waals surface area contributed by atoms with E-state index in [1.165, 1.54) is 76.7 Å². The van der Waals surface area contributed by atoms with E-state index in [1.807, 2.05) is 0 Å². The van der Waals surface area contributed by atoms with E-state index in [2.05, 4.69) is 264 Å². The molecule has 0 saturated heterocycles. The Balaban J connectivity index is 0.984. The summed E-state index contributed by atoms with van der Waals surface area (Å²) in [6.45, 7) is 0. The van der Waals surface area contributed by atoms with Crippen LogP contribution in [-0.2, 0) is 0 Å². The van der Waals surface area contributed by atoms with E-state index in [0.29, 0.717) is 0 Å². The van der Waals surface area contributed by atoms with Gasteiger partial charge in [0.15, 0.2) is 0 Å². The van der Waals surface area contributed by atoms with Crippen molar-refractivity contribution < 1.29 is 0 Å². The summed E-state index contributed by atoms with van der Waals surface area (Å²) in [6.07, 6.45) is 0. The van der Waals surface area contributed by atoms with Crippen molar-refractivity contribution in [3.63, 3.8) is 0 Å². The largest absolute Gasteiger partial charge is 0.310 e. The summed E-state index contributed by atoms with van der Waals surface area (Å²) in [5, 5.41) is 7.55. The van der Waals surface area contributed by atoms with E-state index in [-0.39, 0.29) is 0 Å². The normalized spacial score (nSPS) is 11.4. The van der Waals surface area contributed by atoms with Gasteiger partial charge >= 0.3 is 0 Å². The Hall–Kier alpha value is -8.46. The molecule has 0 saturated carbocycles. The molecular formula is C62H42N2. The highest BCUT2D eigenvalue weighted by molar-refractivity contribution is 6.25. The fraction of sp³-hybridized carbons (Fsp3) is 0. The van der Waals surface area contributed by atoms with Crippen LogP contribution in [0.3, 0.4) is 0 Å². The summed E-state index contributed by atoms with van der Waals surface area (Å²) in [5.41, 5.74) is 16.4. The second-order valence-corrected chi connectivity index (χ2v) is 16.5. The first kappa shape index (κ1) is 37.3. The van der Waals surface area contributed by atoms with Gasteiger partial charge in [-0.3, -0.25) is 0 Å². The molecule has 1 aromatic heterocycles. The first-order valence-corrected chi connectivity index (χ1v) is 22.0. The Morgan fingerprint density at radius 3 is 1.48 bits per heavy atom. The number of benzene rings is 11. The van der Waals surface area contributed by atoms with Crippen molar-refractivity contribution in [1.82, 2.24) is 4.57 Å². The summed E-state index contributed by atoms with van der Waals surface area (Å²) >= 11 is 0. The van der Waals surface area contributed by atoms with Gasteiger partial charge in [-0.25, -0.2) is 0 Å². The van der Waals surface area contributed by atoms with Gasteiger partial charge in [-0.05, 0) is 127 Å². The van der Waals surface area contributed by atoms with Crippen LogP contribution in [0.25, 0.3) is 93.5 Å². The van der Waals surface area contributed by atoms with Crippen LogP contribution in [0.2, 0.25) is 0 Å². The average Bonchev–Trinajstić information content (AvgIpc) is 3.72. The Kier molecular flexibility index (Phi) is 9.20. The van der Waals surface area contributed by atoms with E-state index < -0.39 is 0 Å². The minimum absolute atomic E-state index is 1.09. The minimum atomic E-state index is 1.09. The number of rotatable bonds is 8. The predicted octanol–water partition coefficient (Wildman–Crippen LogP) is 17.2. The summed E-state index contributed by atoms with van der Waals surface area (Å²) in [6, 6.07) is 92.6. The van der Waals surface area contributed by atoms with E-state index in [1.54, 1.807) is 0 Å². The molecule has 0 N–H and O–H groups in total. The van der Waals surface area contributed by atoms with Crippen molar-refractivity contribution in [2.45, 2.75) is 0 Å². The van der Waals surface area contributed by atoms with Crippen LogP contribution in [-0.4, -0.2) is 4.57 Å². The molecule has 2 heteroatoms. The number of anilines is 3. The number of para-hydroxylation sites is 1. The van der Waals surface area contributed by atoms with Gasteiger partial charge in [0.2, 0.25) is 0 Å². The topological polar surface area (TPSA) is 8.17 Å². The lowest BCUT2D eigenvalue weighted by Crippen LogP contribution is -2.10. The predicted molar refractivity (Wildman–Crippen MR) is 272 cm³/mol. The van der Waals surface area contributed by atoms with Crippen LogP contribution in [0.15, 0.2) is 255 Å². The molecule has 0 amide bonds. The highest BCUT2D eigenvalue weighted by Gasteiger charge is 2.19. The Morgan fingerprint density at radius 1 is 0.266 bits per heavy atom. The fourth-order valence-electron chi connectivity index (χ4n) is 9.76. The molecule has 0 fully saturated rings. The maximum Gasteiger partial charge on any atom is 0.0547 e. The number of nitrogens with zero attached hydrogens (tertiary/aromatic N) is 2. The van der Waals surface area contributed by atoms with Gasteiger partial charge < -0.3 is 9.47 Å². The molecule has 300 valence electrons. The first-order chi connectivity index (χ1) is 31.7. The molecule has 12 rings (SSSR count). The molecule has 0 aliphatic rings. The van der Waals surface area contributed by atoms with Crippen molar-refractivity contribution in [3.8, 4) is 50.2 Å². The van der Waals surface area contributed by atoms with Crippen molar-refractivity contribution in [2.24, 2.45) is 0 Å². The average molecular weight is 815 g/mol. The third-order valence-corrected chi connectivity index (χ3v) is 12.8. The molecule has 1 heterocycles. The van der Waals surface area contributed by atoms with Gasteiger partial charge in [0, 0.05) is 33.5 Å². The quantitative estimate of drug-likeness (QED) is 0.148. The van der Waals surface area contributed by atoms with Gasteiger partial charge in [-0.15, -0.1) is 0 Å². The van der Waals surface area contributed by atoms with E-state index in [0.717, 1.165) is 33.9 Å². The molecule has 0 aliphatic heterocycles. The molecule has 12 aromatic rings. The SMILES string of the molecule is c1ccc(-c2ccc(N(c3ccc(-c4ccccc4)cc3)c3cccc(-c4cccc(-n5c6ccccc6c6c7c(-c8cccc9ccccc89)cccc7ccc65)c4)c3)cc2)cc1. The smallest absolute Gasteiger partial charge is 0.0547 e. The number of fused-ring (bicyclic) bond motifs is 6. The van der Waals surface area contributed by atoms with Crippen molar-refractivity contribution in [3.05, 3.63) is 255 Å². The summed E-state index contributed by atoms with van der Waals surface area (Å²) in [7, 11) is 0. The maximum atomic E-state index is 2.45. The van der Waals surface area contributed by atoms with Crippen molar-refractivity contribution in [1.29, 1.82) is 0 Å². The number of hydrogen-bond donors (Lipinski definition) is 0. The van der Waals surface area contributed by atoms with Crippen LogP contribution < -0.4 is 4.90 Å². The minimum Gasteiger partial charge on any atom is -0.310 e.